The third-order valence-electron chi connectivity index (χ3n) is 3.11. The molecule has 0 atom stereocenters. The average Bonchev–Trinajstić information content (AvgIpc) is 2.60. The molecule has 1 N–H and O–H groups in total. The van der Waals surface area contributed by atoms with Crippen LogP contribution in [0.15, 0.2) is 53.0 Å². The second-order valence-corrected chi connectivity index (χ2v) is 5.93. The van der Waals surface area contributed by atoms with Crippen molar-refractivity contribution in [2.75, 3.05) is 6.61 Å². The van der Waals surface area contributed by atoms with Crippen LogP contribution in [-0.4, -0.2) is 18.5 Å². The van der Waals surface area contributed by atoms with Crippen molar-refractivity contribution in [1.82, 2.24) is 5.32 Å². The number of hydrogen-bond donors (Lipinski definition) is 1. The molecule has 0 aliphatic heterocycles. The van der Waals surface area contributed by atoms with Crippen molar-refractivity contribution in [2.24, 2.45) is 0 Å². The number of carbonyl (C=O) groups is 2. The molecule has 7 heteroatoms. The monoisotopic (exact) mass is 409 g/mol. The van der Waals surface area contributed by atoms with Crippen molar-refractivity contribution in [3.8, 4) is 0 Å². The van der Waals surface area contributed by atoms with E-state index < -0.39 is 24.3 Å². The van der Waals surface area contributed by atoms with Crippen LogP contribution in [0, 0.1) is 11.6 Å². The number of halogens is 3. The van der Waals surface area contributed by atoms with E-state index >= 15 is 0 Å². The zero-order chi connectivity index (χ0) is 18.2. The highest BCUT2D eigenvalue weighted by atomic mass is 79.9. The number of carbonyl (C=O) groups excluding carboxylic acids is 2. The maximum absolute atomic E-state index is 13.5. The van der Waals surface area contributed by atoms with E-state index in [2.05, 4.69) is 21.2 Å². The molecule has 1 amide bonds. The minimum absolute atomic E-state index is 0.190. The molecular formula is C18H14BrF2NO3. The molecule has 0 fully saturated rings. The van der Waals surface area contributed by atoms with Crippen molar-refractivity contribution >= 4 is 33.9 Å². The lowest BCUT2D eigenvalue weighted by Gasteiger charge is -2.05. The van der Waals surface area contributed by atoms with Gasteiger partial charge in [0.2, 0.25) is 0 Å². The van der Waals surface area contributed by atoms with E-state index in [0.29, 0.717) is 10.0 Å². The van der Waals surface area contributed by atoms with Crippen LogP contribution in [0.3, 0.4) is 0 Å². The van der Waals surface area contributed by atoms with Crippen LogP contribution in [0.25, 0.3) is 6.08 Å². The van der Waals surface area contributed by atoms with Crippen LogP contribution in [0.5, 0.6) is 0 Å². The Hall–Kier alpha value is -2.54. The summed E-state index contributed by atoms with van der Waals surface area (Å²) in [5.74, 6) is -2.11. The van der Waals surface area contributed by atoms with Crippen molar-refractivity contribution in [1.29, 1.82) is 0 Å². The molecule has 0 unspecified atom stereocenters. The summed E-state index contributed by atoms with van der Waals surface area (Å²) in [6.45, 7) is -0.277. The largest absolute Gasteiger partial charge is 0.452 e. The van der Waals surface area contributed by atoms with Crippen LogP contribution in [-0.2, 0) is 20.9 Å². The molecule has 0 saturated carbocycles. The summed E-state index contributed by atoms with van der Waals surface area (Å²) in [6, 6.07) is 9.96. The Morgan fingerprint density at radius 1 is 1.12 bits per heavy atom. The highest BCUT2D eigenvalue weighted by Gasteiger charge is 2.06. The molecule has 0 heterocycles. The average molecular weight is 410 g/mol. The van der Waals surface area contributed by atoms with Gasteiger partial charge in [0.25, 0.3) is 5.91 Å². The maximum atomic E-state index is 13.5. The second-order valence-electron chi connectivity index (χ2n) is 5.01. The van der Waals surface area contributed by atoms with E-state index in [1.165, 1.54) is 48.5 Å². The molecule has 2 aromatic carbocycles. The lowest BCUT2D eigenvalue weighted by Crippen LogP contribution is -2.28. The number of nitrogens with one attached hydrogen (secondary N) is 1. The molecule has 0 spiro atoms. The van der Waals surface area contributed by atoms with Crippen LogP contribution in [0.1, 0.15) is 11.1 Å². The Bertz CT molecular complexity index is 791. The van der Waals surface area contributed by atoms with Gasteiger partial charge in [-0.2, -0.15) is 0 Å². The highest BCUT2D eigenvalue weighted by molar-refractivity contribution is 9.10. The van der Waals surface area contributed by atoms with Crippen molar-refractivity contribution in [3.63, 3.8) is 0 Å². The van der Waals surface area contributed by atoms with Gasteiger partial charge < -0.3 is 10.1 Å². The standard InChI is InChI=1S/C18H14BrF2NO3/c19-14-4-7-16(21)13(9-14)3-8-18(24)25-11-17(23)22-10-12-1-5-15(20)6-2-12/h1-9H,10-11H2,(H,22,23)/b8-3+. The number of amides is 1. The molecule has 0 bridgehead atoms. The first-order chi connectivity index (χ1) is 11.9. The normalized spacial score (nSPS) is 10.7. The molecule has 2 rings (SSSR count). The second kappa shape index (κ2) is 9.08. The summed E-state index contributed by atoms with van der Waals surface area (Å²) in [7, 11) is 0. The number of rotatable bonds is 6. The number of esters is 1. The van der Waals surface area contributed by atoms with Crippen LogP contribution < -0.4 is 5.32 Å². The third kappa shape index (κ3) is 6.46. The molecule has 0 saturated heterocycles. The predicted molar refractivity (Wildman–Crippen MR) is 92.3 cm³/mol. The van der Waals surface area contributed by atoms with Gasteiger partial charge in [-0.3, -0.25) is 4.79 Å². The van der Waals surface area contributed by atoms with Gasteiger partial charge in [0, 0.05) is 22.7 Å². The first-order valence-electron chi connectivity index (χ1n) is 7.25. The van der Waals surface area contributed by atoms with Crippen molar-refractivity contribution in [2.45, 2.75) is 6.54 Å². The SMILES string of the molecule is O=C(COC(=O)/C=C/c1cc(Br)ccc1F)NCc1ccc(F)cc1. The van der Waals surface area contributed by atoms with Gasteiger partial charge in [-0.25, -0.2) is 13.6 Å². The molecule has 0 radical (unpaired) electrons. The highest BCUT2D eigenvalue weighted by Crippen LogP contribution is 2.16. The topological polar surface area (TPSA) is 55.4 Å². The first-order valence-corrected chi connectivity index (χ1v) is 8.04. The smallest absolute Gasteiger partial charge is 0.331 e. The predicted octanol–water partition coefficient (Wildman–Crippen LogP) is 3.60. The van der Waals surface area contributed by atoms with Crippen molar-refractivity contribution in [3.05, 3.63) is 75.8 Å². The van der Waals surface area contributed by atoms with E-state index in [4.69, 9.17) is 4.74 Å². The van der Waals surface area contributed by atoms with E-state index in [0.717, 1.165) is 6.08 Å². The zero-order valence-corrected chi connectivity index (χ0v) is 14.6. The molecule has 4 nitrogen and oxygen atoms in total. The summed E-state index contributed by atoms with van der Waals surface area (Å²) < 4.78 is 31.7. The van der Waals surface area contributed by atoms with E-state index in [1.54, 1.807) is 0 Å². The van der Waals surface area contributed by atoms with Crippen LogP contribution >= 0.6 is 15.9 Å². The third-order valence-corrected chi connectivity index (χ3v) is 3.60. The molecule has 130 valence electrons. The molecule has 2 aromatic rings. The summed E-state index contributed by atoms with van der Waals surface area (Å²) in [5, 5.41) is 2.54. The summed E-state index contributed by atoms with van der Waals surface area (Å²) in [4.78, 5) is 23.2. The van der Waals surface area contributed by atoms with Crippen LogP contribution in [0.2, 0.25) is 0 Å². The van der Waals surface area contributed by atoms with Gasteiger partial charge in [-0.05, 0) is 42.0 Å². The fraction of sp³-hybridized carbons (Fsp3) is 0.111. The van der Waals surface area contributed by atoms with Gasteiger partial charge in [-0.15, -0.1) is 0 Å². The quantitative estimate of drug-likeness (QED) is 0.585. The van der Waals surface area contributed by atoms with Gasteiger partial charge in [0.1, 0.15) is 11.6 Å². The summed E-state index contributed by atoms with van der Waals surface area (Å²) in [5.41, 5.74) is 0.929. The summed E-state index contributed by atoms with van der Waals surface area (Å²) in [6.07, 6.45) is 2.30. The maximum Gasteiger partial charge on any atom is 0.331 e. The van der Waals surface area contributed by atoms with Gasteiger partial charge in [-0.1, -0.05) is 28.1 Å². The Morgan fingerprint density at radius 3 is 2.56 bits per heavy atom. The Morgan fingerprint density at radius 2 is 1.84 bits per heavy atom. The van der Waals surface area contributed by atoms with Gasteiger partial charge in [0.05, 0.1) is 0 Å². The Labute approximate surface area is 151 Å². The van der Waals surface area contributed by atoms with Gasteiger partial charge >= 0.3 is 5.97 Å². The van der Waals surface area contributed by atoms with Crippen LogP contribution in [0.4, 0.5) is 8.78 Å². The molecular weight excluding hydrogens is 396 g/mol. The van der Waals surface area contributed by atoms with E-state index in [1.807, 2.05) is 0 Å². The first kappa shape index (κ1) is 18.8. The number of hydrogen-bond acceptors (Lipinski definition) is 3. The molecule has 0 aliphatic rings. The fourth-order valence-corrected chi connectivity index (χ4v) is 2.22. The van der Waals surface area contributed by atoms with E-state index in [9.17, 15) is 18.4 Å². The van der Waals surface area contributed by atoms with Gasteiger partial charge in [0.15, 0.2) is 6.61 Å². The number of benzene rings is 2. The van der Waals surface area contributed by atoms with E-state index in [-0.39, 0.29) is 17.9 Å². The fourth-order valence-electron chi connectivity index (χ4n) is 1.84. The lowest BCUT2D eigenvalue weighted by atomic mass is 10.2. The minimum Gasteiger partial charge on any atom is -0.452 e. The Balaban J connectivity index is 1.77. The molecule has 25 heavy (non-hydrogen) atoms. The minimum atomic E-state index is -0.767. The number of ether oxygens (including phenoxy) is 1. The Kier molecular flexibility index (Phi) is 6.82. The zero-order valence-electron chi connectivity index (χ0n) is 13.0. The lowest BCUT2D eigenvalue weighted by molar-refractivity contribution is -0.143. The molecule has 0 aliphatic carbocycles. The molecule has 0 aromatic heterocycles. The summed E-state index contributed by atoms with van der Waals surface area (Å²) >= 11 is 3.20. The van der Waals surface area contributed by atoms with Crippen molar-refractivity contribution < 1.29 is 23.1 Å².